The van der Waals surface area contributed by atoms with E-state index in [2.05, 4.69) is 11.2 Å². The molecule has 0 radical (unpaired) electrons. The van der Waals surface area contributed by atoms with Crippen molar-refractivity contribution in [3.05, 3.63) is 29.0 Å². The molecule has 16 heavy (non-hydrogen) atoms. The van der Waals surface area contributed by atoms with Gasteiger partial charge < -0.3 is 5.73 Å². The summed E-state index contributed by atoms with van der Waals surface area (Å²) in [6.45, 7) is 0. The van der Waals surface area contributed by atoms with Crippen molar-refractivity contribution in [3.63, 3.8) is 0 Å². The summed E-state index contributed by atoms with van der Waals surface area (Å²) in [5, 5.41) is 0.644. The van der Waals surface area contributed by atoms with E-state index in [4.69, 9.17) is 17.3 Å². The summed E-state index contributed by atoms with van der Waals surface area (Å²) in [7, 11) is 0. The van der Waals surface area contributed by atoms with Crippen molar-refractivity contribution >= 4 is 34.8 Å². The lowest BCUT2D eigenvalue weighted by molar-refractivity contribution is 0.908. The molecule has 2 rings (SSSR count). The topological polar surface area (TPSA) is 43.3 Å². The average Bonchev–Trinajstić information content (AvgIpc) is 2.59. The molecule has 0 aliphatic carbocycles. The lowest BCUT2D eigenvalue weighted by atomic mass is 10.2. The van der Waals surface area contributed by atoms with Gasteiger partial charge in [0, 0.05) is 6.20 Å². The Morgan fingerprint density at radius 3 is 3.06 bits per heavy atom. The maximum Gasteiger partial charge on any atom is 0.157 e. The van der Waals surface area contributed by atoms with Gasteiger partial charge in [-0.15, -0.1) is 0 Å². The van der Waals surface area contributed by atoms with Crippen LogP contribution in [0, 0.1) is 0 Å². The number of nitrogens with two attached hydrogens (primary N) is 1. The van der Waals surface area contributed by atoms with Crippen molar-refractivity contribution < 1.29 is 0 Å². The largest absolute Gasteiger partial charge is 0.383 e. The molecule has 0 spiro atoms. The first-order valence-corrected chi connectivity index (χ1v) is 6.91. The van der Waals surface area contributed by atoms with Crippen LogP contribution in [0.25, 0.3) is 5.65 Å². The summed E-state index contributed by atoms with van der Waals surface area (Å²) in [5.74, 6) is 1.83. The molecule has 0 amide bonds. The average molecular weight is 256 g/mol. The van der Waals surface area contributed by atoms with Crippen LogP contribution in [0.15, 0.2) is 18.3 Å². The molecule has 0 aromatic carbocycles. The molecule has 2 N–H and O–H groups in total. The van der Waals surface area contributed by atoms with Gasteiger partial charge in [0.2, 0.25) is 0 Å². The minimum atomic E-state index is 0.644. The predicted molar refractivity (Wildman–Crippen MR) is 71.3 cm³/mol. The molecule has 3 nitrogen and oxygen atoms in total. The summed E-state index contributed by atoms with van der Waals surface area (Å²) in [6, 6.07) is 3.70. The standard InChI is InChI=1S/C11H14ClN3S/c1-16-7-3-5-9-10(13)15-6-2-4-8(12)11(15)14-9/h2,4,6H,3,5,7,13H2,1H3. The number of hydrogen-bond donors (Lipinski definition) is 1. The number of rotatable bonds is 4. The van der Waals surface area contributed by atoms with Crippen LogP contribution in [0.3, 0.4) is 0 Å². The van der Waals surface area contributed by atoms with Gasteiger partial charge in [-0.25, -0.2) is 4.98 Å². The lowest BCUT2D eigenvalue weighted by Crippen LogP contribution is -1.97. The Bertz CT molecular complexity index is 495. The van der Waals surface area contributed by atoms with Crippen LogP contribution in [-0.2, 0) is 6.42 Å². The minimum Gasteiger partial charge on any atom is -0.383 e. The normalized spacial score (nSPS) is 11.1. The van der Waals surface area contributed by atoms with E-state index in [9.17, 15) is 0 Å². The fourth-order valence-corrected chi connectivity index (χ4v) is 2.31. The summed E-state index contributed by atoms with van der Waals surface area (Å²) in [4.78, 5) is 4.48. The molecule has 2 heterocycles. The SMILES string of the molecule is CSCCCc1nc2c(Cl)cccn2c1N. The van der Waals surface area contributed by atoms with E-state index in [1.54, 1.807) is 0 Å². The van der Waals surface area contributed by atoms with Gasteiger partial charge in [-0.05, 0) is 37.0 Å². The molecule has 0 unspecified atom stereocenters. The van der Waals surface area contributed by atoms with Crippen molar-refractivity contribution in [2.45, 2.75) is 12.8 Å². The molecule has 0 aliphatic rings. The first-order chi connectivity index (χ1) is 7.74. The summed E-state index contributed by atoms with van der Waals surface area (Å²) < 4.78 is 1.84. The second-order valence-electron chi connectivity index (χ2n) is 3.59. The number of thioether (sulfide) groups is 1. The van der Waals surface area contributed by atoms with Crippen LogP contribution >= 0.6 is 23.4 Å². The van der Waals surface area contributed by atoms with Gasteiger partial charge in [-0.2, -0.15) is 11.8 Å². The van der Waals surface area contributed by atoms with E-state index in [-0.39, 0.29) is 0 Å². The number of pyridine rings is 1. The first-order valence-electron chi connectivity index (χ1n) is 5.14. The van der Waals surface area contributed by atoms with E-state index in [0.717, 1.165) is 29.9 Å². The highest BCUT2D eigenvalue weighted by molar-refractivity contribution is 7.98. The zero-order valence-electron chi connectivity index (χ0n) is 9.11. The van der Waals surface area contributed by atoms with E-state index in [0.29, 0.717) is 10.8 Å². The van der Waals surface area contributed by atoms with Crippen molar-refractivity contribution in [2.75, 3.05) is 17.7 Å². The van der Waals surface area contributed by atoms with Gasteiger partial charge in [0.1, 0.15) is 5.82 Å². The van der Waals surface area contributed by atoms with E-state index < -0.39 is 0 Å². The summed E-state index contributed by atoms with van der Waals surface area (Å²) in [6.07, 6.45) is 5.99. The van der Waals surface area contributed by atoms with Crippen molar-refractivity contribution in [1.29, 1.82) is 0 Å². The molecule has 0 saturated carbocycles. The first kappa shape index (κ1) is 11.6. The van der Waals surface area contributed by atoms with Gasteiger partial charge in [0.25, 0.3) is 0 Å². The Morgan fingerprint density at radius 2 is 2.38 bits per heavy atom. The fourth-order valence-electron chi connectivity index (χ4n) is 1.67. The van der Waals surface area contributed by atoms with Crippen LogP contribution in [0.1, 0.15) is 12.1 Å². The molecule has 0 atom stereocenters. The molecule has 86 valence electrons. The van der Waals surface area contributed by atoms with Crippen molar-refractivity contribution in [3.8, 4) is 0 Å². The number of aryl methyl sites for hydroxylation is 1. The highest BCUT2D eigenvalue weighted by Gasteiger charge is 2.10. The fraction of sp³-hybridized carbons (Fsp3) is 0.364. The Kier molecular flexibility index (Phi) is 3.61. The van der Waals surface area contributed by atoms with Crippen LogP contribution in [0.2, 0.25) is 5.02 Å². The molecule has 2 aromatic rings. The zero-order valence-corrected chi connectivity index (χ0v) is 10.7. The molecule has 2 aromatic heterocycles. The second-order valence-corrected chi connectivity index (χ2v) is 4.98. The Hall–Kier alpha value is -0.870. The molecule has 0 saturated heterocycles. The molecular weight excluding hydrogens is 242 g/mol. The zero-order chi connectivity index (χ0) is 11.5. The minimum absolute atomic E-state index is 0.644. The third kappa shape index (κ3) is 2.13. The van der Waals surface area contributed by atoms with Gasteiger partial charge >= 0.3 is 0 Å². The van der Waals surface area contributed by atoms with Crippen LogP contribution in [-0.4, -0.2) is 21.4 Å². The number of nitrogens with zero attached hydrogens (tertiary/aromatic N) is 2. The molecule has 0 fully saturated rings. The Morgan fingerprint density at radius 1 is 1.56 bits per heavy atom. The number of aromatic nitrogens is 2. The van der Waals surface area contributed by atoms with Gasteiger partial charge in [0.05, 0.1) is 10.7 Å². The smallest absolute Gasteiger partial charge is 0.157 e. The van der Waals surface area contributed by atoms with Gasteiger partial charge in [-0.1, -0.05) is 11.6 Å². The molecular formula is C11H14ClN3S. The number of hydrogen-bond acceptors (Lipinski definition) is 3. The van der Waals surface area contributed by atoms with E-state index in [1.807, 2.05) is 34.5 Å². The highest BCUT2D eigenvalue weighted by atomic mass is 35.5. The number of nitrogen functional groups attached to an aromatic ring is 1. The van der Waals surface area contributed by atoms with Crippen molar-refractivity contribution in [1.82, 2.24) is 9.38 Å². The van der Waals surface area contributed by atoms with Crippen LogP contribution < -0.4 is 5.73 Å². The number of imidazole rings is 1. The van der Waals surface area contributed by atoms with Crippen molar-refractivity contribution in [2.24, 2.45) is 0 Å². The number of fused-ring (bicyclic) bond motifs is 1. The Labute approximate surface area is 104 Å². The molecule has 0 aliphatic heterocycles. The van der Waals surface area contributed by atoms with E-state index >= 15 is 0 Å². The van der Waals surface area contributed by atoms with Gasteiger partial charge in [-0.3, -0.25) is 4.40 Å². The number of anilines is 1. The predicted octanol–water partition coefficient (Wildman–Crippen LogP) is 2.87. The Balaban J connectivity index is 2.33. The molecule has 5 heteroatoms. The second kappa shape index (κ2) is 4.97. The summed E-state index contributed by atoms with van der Waals surface area (Å²) in [5.41, 5.74) is 7.72. The maximum atomic E-state index is 6.06. The van der Waals surface area contributed by atoms with Crippen LogP contribution in [0.5, 0.6) is 0 Å². The highest BCUT2D eigenvalue weighted by Crippen LogP contribution is 2.22. The number of halogens is 1. The third-order valence-corrected chi connectivity index (χ3v) is 3.47. The van der Waals surface area contributed by atoms with E-state index in [1.165, 1.54) is 0 Å². The quantitative estimate of drug-likeness (QED) is 0.855. The third-order valence-electron chi connectivity index (χ3n) is 2.48. The maximum absolute atomic E-state index is 6.06. The van der Waals surface area contributed by atoms with Gasteiger partial charge in [0.15, 0.2) is 5.65 Å². The lowest BCUT2D eigenvalue weighted by Gasteiger charge is -1.98. The molecule has 0 bridgehead atoms. The summed E-state index contributed by atoms with van der Waals surface area (Å²) >= 11 is 7.90. The monoisotopic (exact) mass is 255 g/mol. The van der Waals surface area contributed by atoms with Crippen LogP contribution in [0.4, 0.5) is 5.82 Å².